The van der Waals surface area contributed by atoms with Crippen LogP contribution in [0.25, 0.3) is 0 Å². The first-order valence-corrected chi connectivity index (χ1v) is 8.73. The quantitative estimate of drug-likeness (QED) is 0.789. The minimum Gasteiger partial charge on any atom is -0.353 e. The fraction of sp³-hybridized carbons (Fsp3) is 0.632. The molecule has 23 heavy (non-hydrogen) atoms. The minimum absolute atomic E-state index is 0.164. The number of hydrogen-bond acceptors (Lipinski definition) is 4. The van der Waals surface area contributed by atoms with Crippen molar-refractivity contribution in [3.05, 3.63) is 42.5 Å². The molecule has 3 unspecified atom stereocenters. The van der Waals surface area contributed by atoms with Crippen LogP contribution < -0.4 is 0 Å². The summed E-state index contributed by atoms with van der Waals surface area (Å²) in [6.45, 7) is 5.36. The zero-order valence-corrected chi connectivity index (χ0v) is 13.9. The van der Waals surface area contributed by atoms with Crippen LogP contribution in [0, 0.1) is 6.61 Å². The number of rotatable bonds is 6. The van der Waals surface area contributed by atoms with Crippen molar-refractivity contribution in [2.75, 3.05) is 13.2 Å². The Labute approximate surface area is 139 Å². The van der Waals surface area contributed by atoms with E-state index >= 15 is 0 Å². The highest BCUT2D eigenvalue weighted by Gasteiger charge is 2.34. The Hall–Kier alpha value is -0.940. The van der Waals surface area contributed by atoms with Gasteiger partial charge in [0.25, 0.3) is 0 Å². The van der Waals surface area contributed by atoms with Crippen LogP contribution >= 0.6 is 0 Å². The fourth-order valence-electron chi connectivity index (χ4n) is 3.03. The highest BCUT2D eigenvalue weighted by atomic mass is 16.7. The van der Waals surface area contributed by atoms with E-state index < -0.39 is 5.60 Å². The topological polar surface area (TPSA) is 36.9 Å². The standard InChI is InChI=1S/C19H27O4/c1-19(16-9-3-2-4-10-16,23-18-12-6-8-14-21-18)15-22-17-11-5-7-13-20-17/h2-4,9-10,15,17-18H,5-8,11-14H2,1H3. The van der Waals surface area contributed by atoms with Crippen LogP contribution in [0.2, 0.25) is 0 Å². The van der Waals surface area contributed by atoms with Crippen LogP contribution in [-0.2, 0) is 24.5 Å². The second-order valence-electron chi connectivity index (χ2n) is 6.44. The summed E-state index contributed by atoms with van der Waals surface area (Å²) in [6.07, 6.45) is 6.02. The zero-order chi connectivity index (χ0) is 16.0. The van der Waals surface area contributed by atoms with Crippen molar-refractivity contribution in [2.45, 2.75) is 63.6 Å². The van der Waals surface area contributed by atoms with E-state index in [4.69, 9.17) is 18.9 Å². The highest BCUT2D eigenvalue weighted by molar-refractivity contribution is 5.24. The van der Waals surface area contributed by atoms with Crippen molar-refractivity contribution in [3.8, 4) is 0 Å². The lowest BCUT2D eigenvalue weighted by Gasteiger charge is -2.36. The lowest BCUT2D eigenvalue weighted by atomic mass is 9.96. The van der Waals surface area contributed by atoms with E-state index in [0.29, 0.717) is 0 Å². The van der Waals surface area contributed by atoms with E-state index in [-0.39, 0.29) is 12.6 Å². The highest BCUT2D eigenvalue weighted by Crippen LogP contribution is 2.33. The Morgan fingerprint density at radius 1 is 0.957 bits per heavy atom. The van der Waals surface area contributed by atoms with Crippen LogP contribution in [0.5, 0.6) is 0 Å². The predicted molar refractivity (Wildman–Crippen MR) is 87.4 cm³/mol. The first kappa shape index (κ1) is 16.9. The molecule has 2 aliphatic heterocycles. The van der Waals surface area contributed by atoms with Gasteiger partial charge in [0.1, 0.15) is 12.2 Å². The monoisotopic (exact) mass is 319 g/mol. The van der Waals surface area contributed by atoms with E-state index in [2.05, 4.69) is 12.1 Å². The normalized spacial score (nSPS) is 28.2. The molecule has 4 heteroatoms. The van der Waals surface area contributed by atoms with Gasteiger partial charge >= 0.3 is 0 Å². The molecule has 127 valence electrons. The minimum atomic E-state index is -0.649. The Balaban J connectivity index is 1.67. The summed E-state index contributed by atoms with van der Waals surface area (Å²) in [4.78, 5) is 0. The van der Waals surface area contributed by atoms with E-state index in [1.807, 2.05) is 25.1 Å². The lowest BCUT2D eigenvalue weighted by Crippen LogP contribution is -2.37. The molecule has 0 N–H and O–H groups in total. The molecule has 2 aliphatic rings. The molecule has 0 spiro atoms. The molecular weight excluding hydrogens is 292 g/mol. The van der Waals surface area contributed by atoms with Gasteiger partial charge in [0.2, 0.25) is 0 Å². The molecule has 1 aromatic rings. The Morgan fingerprint density at radius 3 is 2.22 bits per heavy atom. The van der Waals surface area contributed by atoms with Crippen molar-refractivity contribution < 1.29 is 18.9 Å². The molecule has 1 aromatic carbocycles. The first-order valence-electron chi connectivity index (χ1n) is 8.73. The Bertz CT molecular complexity index is 452. The van der Waals surface area contributed by atoms with Crippen molar-refractivity contribution in [1.82, 2.24) is 0 Å². The average Bonchev–Trinajstić information content (AvgIpc) is 2.63. The summed E-state index contributed by atoms with van der Waals surface area (Å²) in [7, 11) is 0. The molecular formula is C19H27O4. The second kappa shape index (κ2) is 8.25. The van der Waals surface area contributed by atoms with Gasteiger partial charge in [-0.1, -0.05) is 30.3 Å². The largest absolute Gasteiger partial charge is 0.353 e. The summed E-state index contributed by atoms with van der Waals surface area (Å²) in [5.74, 6) is 0. The maximum atomic E-state index is 6.30. The molecule has 0 aliphatic carbocycles. The predicted octanol–water partition coefficient (Wildman–Crippen LogP) is 4.15. The van der Waals surface area contributed by atoms with Gasteiger partial charge in [-0.15, -0.1) is 0 Å². The molecule has 2 heterocycles. The Morgan fingerprint density at radius 2 is 1.61 bits per heavy atom. The van der Waals surface area contributed by atoms with Crippen LogP contribution in [-0.4, -0.2) is 25.8 Å². The van der Waals surface area contributed by atoms with Crippen molar-refractivity contribution in [2.24, 2.45) is 0 Å². The number of benzene rings is 1. The van der Waals surface area contributed by atoms with E-state index in [9.17, 15) is 0 Å². The first-order chi connectivity index (χ1) is 11.3. The third-order valence-electron chi connectivity index (χ3n) is 4.44. The van der Waals surface area contributed by atoms with Crippen molar-refractivity contribution in [3.63, 3.8) is 0 Å². The van der Waals surface area contributed by atoms with Gasteiger partial charge in [0.15, 0.2) is 12.6 Å². The summed E-state index contributed by atoms with van der Waals surface area (Å²) in [5, 5.41) is 0. The van der Waals surface area contributed by atoms with Gasteiger partial charge in [-0.05, 0) is 51.0 Å². The summed E-state index contributed by atoms with van der Waals surface area (Å²) >= 11 is 0. The number of hydrogen-bond donors (Lipinski definition) is 0. The summed E-state index contributed by atoms with van der Waals surface area (Å²) < 4.78 is 23.6. The van der Waals surface area contributed by atoms with Gasteiger partial charge in [-0.25, -0.2) is 0 Å². The van der Waals surface area contributed by atoms with Gasteiger partial charge in [0.05, 0.1) is 0 Å². The molecule has 0 aromatic heterocycles. The van der Waals surface area contributed by atoms with Crippen LogP contribution in [0.3, 0.4) is 0 Å². The maximum Gasteiger partial charge on any atom is 0.158 e. The molecule has 0 bridgehead atoms. The average molecular weight is 319 g/mol. The zero-order valence-electron chi connectivity index (χ0n) is 13.9. The smallest absolute Gasteiger partial charge is 0.158 e. The van der Waals surface area contributed by atoms with Crippen LogP contribution in [0.1, 0.15) is 51.0 Å². The fourth-order valence-corrected chi connectivity index (χ4v) is 3.03. The van der Waals surface area contributed by atoms with E-state index in [1.165, 1.54) is 0 Å². The third kappa shape index (κ3) is 4.77. The second-order valence-corrected chi connectivity index (χ2v) is 6.44. The molecule has 0 saturated carbocycles. The molecule has 3 rings (SSSR count). The molecule has 2 saturated heterocycles. The lowest BCUT2D eigenvalue weighted by molar-refractivity contribution is -0.239. The van der Waals surface area contributed by atoms with Gasteiger partial charge in [-0.2, -0.15) is 0 Å². The molecule has 3 atom stereocenters. The van der Waals surface area contributed by atoms with Crippen LogP contribution in [0.4, 0.5) is 0 Å². The Kier molecular flexibility index (Phi) is 6.06. The maximum absolute atomic E-state index is 6.30. The van der Waals surface area contributed by atoms with Crippen molar-refractivity contribution in [1.29, 1.82) is 0 Å². The summed E-state index contributed by atoms with van der Waals surface area (Å²) in [5.41, 5.74) is 0.411. The molecule has 1 radical (unpaired) electrons. The van der Waals surface area contributed by atoms with E-state index in [1.54, 1.807) is 6.61 Å². The third-order valence-corrected chi connectivity index (χ3v) is 4.44. The number of ether oxygens (including phenoxy) is 4. The summed E-state index contributed by atoms with van der Waals surface area (Å²) in [6, 6.07) is 10.2. The molecule has 2 fully saturated rings. The van der Waals surface area contributed by atoms with E-state index in [0.717, 1.165) is 57.3 Å². The van der Waals surface area contributed by atoms with Gasteiger partial charge in [-0.3, -0.25) is 0 Å². The molecule has 0 amide bonds. The SMILES string of the molecule is CC([CH]OC1CCCCO1)(OC1CCCCO1)c1ccccc1. The molecule has 4 nitrogen and oxygen atoms in total. The van der Waals surface area contributed by atoms with Crippen LogP contribution in [0.15, 0.2) is 30.3 Å². The van der Waals surface area contributed by atoms with Crippen molar-refractivity contribution >= 4 is 0 Å². The van der Waals surface area contributed by atoms with Gasteiger partial charge in [0, 0.05) is 13.2 Å². The van der Waals surface area contributed by atoms with Gasteiger partial charge < -0.3 is 18.9 Å².